The second-order valence-corrected chi connectivity index (χ2v) is 6.81. The van der Waals surface area contributed by atoms with E-state index in [1.807, 2.05) is 31.2 Å². The van der Waals surface area contributed by atoms with Crippen LogP contribution in [0, 0.1) is 11.3 Å². The molecule has 2 aromatic carbocycles. The smallest absolute Gasteiger partial charge is 0.258 e. The largest absolute Gasteiger partial charge is 0.497 e. The number of hydrogen-bond acceptors (Lipinski definition) is 6. The van der Waals surface area contributed by atoms with E-state index in [0.29, 0.717) is 30.2 Å². The Bertz CT molecular complexity index is 891. The van der Waals surface area contributed by atoms with E-state index in [1.54, 1.807) is 25.3 Å². The van der Waals surface area contributed by atoms with E-state index in [9.17, 15) is 4.79 Å². The summed E-state index contributed by atoms with van der Waals surface area (Å²) in [4.78, 5) is 14.8. The molecule has 0 aliphatic rings. The van der Waals surface area contributed by atoms with Crippen molar-refractivity contribution in [2.75, 3.05) is 40.0 Å². The van der Waals surface area contributed by atoms with Crippen LogP contribution in [0.15, 0.2) is 42.5 Å². The number of nitrogens with zero attached hydrogens (tertiary/aromatic N) is 2. The van der Waals surface area contributed by atoms with Crippen LogP contribution in [-0.4, -0.2) is 50.8 Å². The highest BCUT2D eigenvalue weighted by Crippen LogP contribution is 2.28. The third kappa shape index (κ3) is 6.90. The second kappa shape index (κ2) is 12.5. The van der Waals surface area contributed by atoms with Crippen LogP contribution in [0.25, 0.3) is 0 Å². The summed E-state index contributed by atoms with van der Waals surface area (Å²) >= 11 is 0. The zero-order valence-corrected chi connectivity index (χ0v) is 18.7. The third-order valence-electron chi connectivity index (χ3n) is 4.96. The lowest BCUT2D eigenvalue weighted by atomic mass is 10.0. The van der Waals surface area contributed by atoms with E-state index in [4.69, 9.17) is 19.5 Å². The first-order valence-electron chi connectivity index (χ1n) is 10.5. The van der Waals surface area contributed by atoms with Crippen LogP contribution in [0.1, 0.15) is 37.9 Å². The summed E-state index contributed by atoms with van der Waals surface area (Å²) in [7, 11) is 1.64. The molecule has 166 valence electrons. The maximum absolute atomic E-state index is 12.5. The number of nitrogens with one attached hydrogen (secondary N) is 1. The Kier molecular flexibility index (Phi) is 9.66. The van der Waals surface area contributed by atoms with Gasteiger partial charge in [-0.2, -0.15) is 5.26 Å². The first-order valence-corrected chi connectivity index (χ1v) is 10.5. The molecule has 31 heavy (non-hydrogen) atoms. The van der Waals surface area contributed by atoms with Gasteiger partial charge in [0.1, 0.15) is 5.75 Å². The minimum absolute atomic E-state index is 0.0166. The number of ether oxygens (including phenoxy) is 3. The molecule has 0 bridgehead atoms. The Morgan fingerprint density at radius 1 is 1.10 bits per heavy atom. The van der Waals surface area contributed by atoms with Crippen LogP contribution in [0.2, 0.25) is 0 Å². The van der Waals surface area contributed by atoms with E-state index in [2.05, 4.69) is 30.1 Å². The zero-order valence-electron chi connectivity index (χ0n) is 18.7. The minimum Gasteiger partial charge on any atom is -0.497 e. The number of methoxy groups -OCH3 is 1. The fourth-order valence-electron chi connectivity index (χ4n) is 3.34. The molecule has 2 rings (SSSR count). The molecule has 1 atom stereocenters. The molecule has 2 aromatic rings. The first kappa shape index (κ1) is 24.0. The van der Waals surface area contributed by atoms with Crippen molar-refractivity contribution >= 4 is 5.91 Å². The van der Waals surface area contributed by atoms with Gasteiger partial charge in [0.15, 0.2) is 18.1 Å². The summed E-state index contributed by atoms with van der Waals surface area (Å²) in [5.41, 5.74) is 1.55. The summed E-state index contributed by atoms with van der Waals surface area (Å²) in [6.45, 7) is 8.49. The van der Waals surface area contributed by atoms with Crippen LogP contribution in [0.5, 0.6) is 17.2 Å². The quantitative estimate of drug-likeness (QED) is 0.560. The molecule has 0 aliphatic heterocycles. The molecular weight excluding hydrogens is 394 g/mol. The van der Waals surface area contributed by atoms with Gasteiger partial charge >= 0.3 is 0 Å². The Hall–Kier alpha value is -3.24. The highest BCUT2D eigenvalue weighted by atomic mass is 16.5. The number of nitriles is 1. The van der Waals surface area contributed by atoms with Crippen molar-refractivity contribution < 1.29 is 19.0 Å². The first-order chi connectivity index (χ1) is 15.1. The Morgan fingerprint density at radius 2 is 1.87 bits per heavy atom. The second-order valence-electron chi connectivity index (χ2n) is 6.81. The highest BCUT2D eigenvalue weighted by Gasteiger charge is 2.20. The third-order valence-corrected chi connectivity index (χ3v) is 4.96. The normalized spacial score (nSPS) is 11.5. The van der Waals surface area contributed by atoms with Gasteiger partial charge in [-0.3, -0.25) is 9.69 Å². The van der Waals surface area contributed by atoms with Gasteiger partial charge in [-0.15, -0.1) is 0 Å². The Labute approximate surface area is 184 Å². The monoisotopic (exact) mass is 425 g/mol. The van der Waals surface area contributed by atoms with E-state index in [0.717, 1.165) is 24.4 Å². The topological polar surface area (TPSA) is 83.8 Å². The zero-order chi connectivity index (χ0) is 22.6. The van der Waals surface area contributed by atoms with Gasteiger partial charge in [-0.25, -0.2) is 0 Å². The predicted octanol–water partition coefficient (Wildman–Crippen LogP) is 3.54. The number of benzene rings is 2. The van der Waals surface area contributed by atoms with Gasteiger partial charge in [-0.05, 0) is 49.8 Å². The van der Waals surface area contributed by atoms with Crippen LogP contribution in [0.4, 0.5) is 0 Å². The number of likely N-dealkylation sites (N-methyl/N-ethyl adjacent to an activating group) is 1. The standard InChI is InChI=1S/C24H31N3O4/c1-5-27(6-2)21(19-9-8-10-20(14-19)29-4)16-26-24(28)17-31-22-12-11-18(15-25)13-23(22)30-7-3/h8-14,21H,5-7,16-17H2,1-4H3,(H,26,28). The van der Waals surface area contributed by atoms with Gasteiger partial charge in [0, 0.05) is 12.6 Å². The highest BCUT2D eigenvalue weighted by molar-refractivity contribution is 5.77. The molecule has 1 unspecified atom stereocenters. The van der Waals surface area contributed by atoms with Crippen molar-refractivity contribution in [3.63, 3.8) is 0 Å². The number of hydrogen-bond donors (Lipinski definition) is 1. The molecule has 1 amide bonds. The molecule has 0 saturated carbocycles. The molecule has 0 aliphatic carbocycles. The lowest BCUT2D eigenvalue weighted by Gasteiger charge is -2.30. The van der Waals surface area contributed by atoms with Crippen molar-refractivity contribution in [2.45, 2.75) is 26.8 Å². The lowest BCUT2D eigenvalue weighted by Crippen LogP contribution is -2.39. The number of carbonyl (C=O) groups excluding carboxylic acids is 1. The fourth-order valence-corrected chi connectivity index (χ4v) is 3.34. The molecule has 7 nitrogen and oxygen atoms in total. The van der Waals surface area contributed by atoms with E-state index in [1.165, 1.54) is 0 Å². The van der Waals surface area contributed by atoms with Gasteiger partial charge in [0.25, 0.3) is 5.91 Å². The van der Waals surface area contributed by atoms with Crippen LogP contribution < -0.4 is 19.5 Å². The minimum atomic E-state index is -0.230. The lowest BCUT2D eigenvalue weighted by molar-refractivity contribution is -0.123. The maximum atomic E-state index is 12.5. The molecule has 0 radical (unpaired) electrons. The predicted molar refractivity (Wildman–Crippen MR) is 119 cm³/mol. The average molecular weight is 426 g/mol. The van der Waals surface area contributed by atoms with Crippen molar-refractivity contribution in [1.29, 1.82) is 5.26 Å². The molecule has 7 heteroatoms. The van der Waals surface area contributed by atoms with Crippen LogP contribution in [-0.2, 0) is 4.79 Å². The fraction of sp³-hybridized carbons (Fsp3) is 0.417. The summed E-state index contributed by atoms with van der Waals surface area (Å²) in [5, 5.41) is 12.0. The molecule has 0 spiro atoms. The summed E-state index contributed by atoms with van der Waals surface area (Å²) in [5.74, 6) is 1.44. The molecule has 0 fully saturated rings. The molecule has 0 aromatic heterocycles. The molecular formula is C24H31N3O4. The van der Waals surface area contributed by atoms with Gasteiger partial charge < -0.3 is 19.5 Å². The summed E-state index contributed by atoms with van der Waals surface area (Å²) in [6.07, 6.45) is 0. The Balaban J connectivity index is 2.04. The molecule has 0 saturated heterocycles. The SMILES string of the molecule is CCOc1cc(C#N)ccc1OCC(=O)NCC(c1cccc(OC)c1)N(CC)CC. The van der Waals surface area contributed by atoms with Crippen molar-refractivity contribution in [3.8, 4) is 23.3 Å². The van der Waals surface area contributed by atoms with Crippen molar-refractivity contribution in [3.05, 3.63) is 53.6 Å². The number of rotatable bonds is 12. The van der Waals surface area contributed by atoms with Crippen LogP contribution >= 0.6 is 0 Å². The molecule has 1 N–H and O–H groups in total. The van der Waals surface area contributed by atoms with Gasteiger partial charge in [0.2, 0.25) is 0 Å². The van der Waals surface area contributed by atoms with E-state index < -0.39 is 0 Å². The maximum Gasteiger partial charge on any atom is 0.258 e. The number of carbonyl (C=O) groups is 1. The average Bonchev–Trinajstić information content (AvgIpc) is 2.81. The van der Waals surface area contributed by atoms with E-state index in [-0.39, 0.29) is 18.6 Å². The molecule has 0 heterocycles. The van der Waals surface area contributed by atoms with Gasteiger partial charge in [0.05, 0.1) is 31.4 Å². The van der Waals surface area contributed by atoms with Gasteiger partial charge in [-0.1, -0.05) is 26.0 Å². The van der Waals surface area contributed by atoms with E-state index >= 15 is 0 Å². The number of amides is 1. The summed E-state index contributed by atoms with van der Waals surface area (Å²) in [6, 6.07) is 14.9. The summed E-state index contributed by atoms with van der Waals surface area (Å²) < 4.78 is 16.5. The Morgan fingerprint density at radius 3 is 2.52 bits per heavy atom. The van der Waals surface area contributed by atoms with Crippen molar-refractivity contribution in [1.82, 2.24) is 10.2 Å². The van der Waals surface area contributed by atoms with Crippen molar-refractivity contribution in [2.24, 2.45) is 0 Å². The van der Waals surface area contributed by atoms with Crippen LogP contribution in [0.3, 0.4) is 0 Å².